The van der Waals surface area contributed by atoms with Crippen molar-refractivity contribution in [1.82, 2.24) is 4.90 Å². The number of nitrogen functional groups attached to an aromatic ring is 1. The van der Waals surface area contributed by atoms with E-state index in [0.717, 1.165) is 24.5 Å². The largest absolute Gasteiger partial charge is 0.491 e. The third kappa shape index (κ3) is 3.39. The molecule has 0 aliphatic carbocycles. The van der Waals surface area contributed by atoms with Gasteiger partial charge in [0.05, 0.1) is 12.3 Å². The molecule has 3 nitrogen and oxygen atoms in total. The average molecular weight is 248 g/mol. The predicted molar refractivity (Wildman–Crippen MR) is 76.0 cm³/mol. The van der Waals surface area contributed by atoms with Gasteiger partial charge in [0.2, 0.25) is 0 Å². The Morgan fingerprint density at radius 3 is 3.00 bits per heavy atom. The topological polar surface area (TPSA) is 38.5 Å². The fourth-order valence-corrected chi connectivity index (χ4v) is 2.58. The minimum absolute atomic E-state index is 0.671. The van der Waals surface area contributed by atoms with Crippen LogP contribution in [0, 0.1) is 6.92 Å². The molecule has 1 heterocycles. The van der Waals surface area contributed by atoms with Crippen LogP contribution in [0.25, 0.3) is 0 Å². The van der Waals surface area contributed by atoms with Crippen LogP contribution < -0.4 is 10.5 Å². The number of rotatable bonds is 4. The Bertz CT molecular complexity index is 392. The maximum atomic E-state index is 5.90. The predicted octanol–water partition coefficient (Wildman–Crippen LogP) is 2.83. The van der Waals surface area contributed by atoms with E-state index in [0.29, 0.717) is 6.04 Å². The molecule has 1 fully saturated rings. The molecule has 100 valence electrons. The summed E-state index contributed by atoms with van der Waals surface area (Å²) in [5.74, 6) is 0.827. The third-order valence-corrected chi connectivity index (χ3v) is 3.80. The van der Waals surface area contributed by atoms with Gasteiger partial charge in [0, 0.05) is 6.04 Å². The van der Waals surface area contributed by atoms with Gasteiger partial charge >= 0.3 is 0 Å². The Kier molecular flexibility index (Phi) is 4.48. The molecule has 0 radical (unpaired) electrons. The molecule has 1 saturated heterocycles. The van der Waals surface area contributed by atoms with Gasteiger partial charge in [-0.1, -0.05) is 12.5 Å². The van der Waals surface area contributed by atoms with Crippen LogP contribution in [0.15, 0.2) is 18.2 Å². The molecular formula is C15H24N2O. The Labute approximate surface area is 110 Å². The van der Waals surface area contributed by atoms with Crippen LogP contribution in [-0.4, -0.2) is 31.1 Å². The number of nitrogens with two attached hydrogens (primary N) is 1. The molecule has 1 aliphatic rings. The van der Waals surface area contributed by atoms with E-state index in [1.807, 2.05) is 18.2 Å². The smallest absolute Gasteiger partial charge is 0.142 e. The van der Waals surface area contributed by atoms with E-state index >= 15 is 0 Å². The highest BCUT2D eigenvalue weighted by atomic mass is 16.5. The van der Waals surface area contributed by atoms with Crippen LogP contribution in [-0.2, 0) is 0 Å². The third-order valence-electron chi connectivity index (χ3n) is 3.80. The van der Waals surface area contributed by atoms with Crippen molar-refractivity contribution >= 4 is 5.69 Å². The number of anilines is 1. The van der Waals surface area contributed by atoms with Crippen LogP contribution in [0.1, 0.15) is 31.2 Å². The lowest BCUT2D eigenvalue weighted by Crippen LogP contribution is -2.37. The minimum atomic E-state index is 0.671. The molecule has 1 aromatic carbocycles. The summed E-state index contributed by atoms with van der Waals surface area (Å²) in [7, 11) is 2.21. The quantitative estimate of drug-likeness (QED) is 0.833. The van der Waals surface area contributed by atoms with Crippen LogP contribution in [0.2, 0.25) is 0 Å². The van der Waals surface area contributed by atoms with E-state index in [9.17, 15) is 0 Å². The molecular weight excluding hydrogens is 224 g/mol. The van der Waals surface area contributed by atoms with Crippen molar-refractivity contribution in [3.8, 4) is 5.75 Å². The number of piperidine rings is 1. The van der Waals surface area contributed by atoms with Crippen molar-refractivity contribution in [3.05, 3.63) is 23.8 Å². The molecule has 1 aliphatic heterocycles. The van der Waals surface area contributed by atoms with Crippen molar-refractivity contribution in [2.45, 2.75) is 38.6 Å². The fourth-order valence-electron chi connectivity index (χ4n) is 2.58. The van der Waals surface area contributed by atoms with Gasteiger partial charge in [-0.05, 0) is 57.5 Å². The molecule has 0 aromatic heterocycles. The van der Waals surface area contributed by atoms with Gasteiger partial charge in [-0.3, -0.25) is 0 Å². The first kappa shape index (κ1) is 13.2. The molecule has 2 N–H and O–H groups in total. The molecule has 3 heteroatoms. The molecule has 0 bridgehead atoms. The van der Waals surface area contributed by atoms with Crippen molar-refractivity contribution in [1.29, 1.82) is 0 Å². The number of benzene rings is 1. The highest BCUT2D eigenvalue weighted by molar-refractivity contribution is 5.53. The van der Waals surface area contributed by atoms with Crippen LogP contribution >= 0.6 is 0 Å². The van der Waals surface area contributed by atoms with Crippen LogP contribution in [0.5, 0.6) is 5.75 Å². The first-order chi connectivity index (χ1) is 8.66. The van der Waals surface area contributed by atoms with Gasteiger partial charge in [-0.15, -0.1) is 0 Å². The summed E-state index contributed by atoms with van der Waals surface area (Å²) in [5, 5.41) is 0. The van der Waals surface area contributed by atoms with E-state index in [-0.39, 0.29) is 0 Å². The van der Waals surface area contributed by atoms with Gasteiger partial charge in [0.1, 0.15) is 5.75 Å². The molecule has 18 heavy (non-hydrogen) atoms. The number of aryl methyl sites for hydroxylation is 1. The summed E-state index contributed by atoms with van der Waals surface area (Å²) in [6.45, 7) is 4.03. The van der Waals surface area contributed by atoms with Gasteiger partial charge < -0.3 is 15.4 Å². The maximum Gasteiger partial charge on any atom is 0.142 e. The van der Waals surface area contributed by atoms with Crippen LogP contribution in [0.4, 0.5) is 5.69 Å². The Morgan fingerprint density at radius 1 is 1.39 bits per heavy atom. The second kappa shape index (κ2) is 6.10. The SMILES string of the molecule is Cc1ccc(N)c(OCCC2CCCCN2C)c1. The lowest BCUT2D eigenvalue weighted by Gasteiger charge is -2.32. The second-order valence-electron chi connectivity index (χ2n) is 5.31. The maximum absolute atomic E-state index is 5.90. The first-order valence-corrected chi connectivity index (χ1v) is 6.86. The van der Waals surface area contributed by atoms with Crippen molar-refractivity contribution in [2.75, 3.05) is 25.9 Å². The summed E-state index contributed by atoms with van der Waals surface area (Å²) < 4.78 is 5.82. The molecule has 1 unspecified atom stereocenters. The highest BCUT2D eigenvalue weighted by Gasteiger charge is 2.18. The number of nitrogens with zero attached hydrogens (tertiary/aromatic N) is 1. The molecule has 2 rings (SSSR count). The summed E-state index contributed by atoms with van der Waals surface area (Å²) in [6, 6.07) is 6.61. The lowest BCUT2D eigenvalue weighted by atomic mass is 10.0. The van der Waals surface area contributed by atoms with Crippen molar-refractivity contribution in [3.63, 3.8) is 0 Å². The van der Waals surface area contributed by atoms with Crippen molar-refractivity contribution < 1.29 is 4.74 Å². The molecule has 1 aromatic rings. The zero-order valence-corrected chi connectivity index (χ0v) is 11.5. The summed E-state index contributed by atoms with van der Waals surface area (Å²) in [6.07, 6.45) is 5.06. The highest BCUT2D eigenvalue weighted by Crippen LogP contribution is 2.23. The first-order valence-electron chi connectivity index (χ1n) is 6.86. The van der Waals surface area contributed by atoms with E-state index in [4.69, 9.17) is 10.5 Å². The van der Waals surface area contributed by atoms with Crippen LogP contribution in [0.3, 0.4) is 0 Å². The zero-order chi connectivity index (χ0) is 13.0. The zero-order valence-electron chi connectivity index (χ0n) is 11.5. The Balaban J connectivity index is 1.82. The number of hydrogen-bond donors (Lipinski definition) is 1. The molecule has 1 atom stereocenters. The normalized spacial score (nSPS) is 20.9. The summed E-state index contributed by atoms with van der Waals surface area (Å²) >= 11 is 0. The second-order valence-corrected chi connectivity index (χ2v) is 5.31. The Morgan fingerprint density at radius 2 is 2.22 bits per heavy atom. The van der Waals surface area contributed by atoms with Gasteiger partial charge in [0.15, 0.2) is 0 Å². The van der Waals surface area contributed by atoms with E-state index in [1.54, 1.807) is 0 Å². The van der Waals surface area contributed by atoms with E-state index in [2.05, 4.69) is 18.9 Å². The molecule has 0 amide bonds. The summed E-state index contributed by atoms with van der Waals surface area (Å²) in [5.41, 5.74) is 7.82. The lowest BCUT2D eigenvalue weighted by molar-refractivity contribution is 0.153. The molecule has 0 spiro atoms. The van der Waals surface area contributed by atoms with E-state index in [1.165, 1.54) is 31.4 Å². The molecule has 0 saturated carbocycles. The monoisotopic (exact) mass is 248 g/mol. The Hall–Kier alpha value is -1.22. The number of hydrogen-bond acceptors (Lipinski definition) is 3. The number of likely N-dealkylation sites (tertiary alicyclic amines) is 1. The fraction of sp³-hybridized carbons (Fsp3) is 0.600. The number of ether oxygens (including phenoxy) is 1. The standard InChI is InChI=1S/C15H24N2O/c1-12-6-7-14(16)15(11-12)18-10-8-13-5-3-4-9-17(13)2/h6-7,11,13H,3-5,8-10,16H2,1-2H3. The van der Waals surface area contributed by atoms with Gasteiger partial charge in [-0.25, -0.2) is 0 Å². The van der Waals surface area contributed by atoms with E-state index < -0.39 is 0 Å². The minimum Gasteiger partial charge on any atom is -0.491 e. The van der Waals surface area contributed by atoms with Gasteiger partial charge in [0.25, 0.3) is 0 Å². The van der Waals surface area contributed by atoms with Gasteiger partial charge in [-0.2, -0.15) is 0 Å². The summed E-state index contributed by atoms with van der Waals surface area (Å²) in [4.78, 5) is 2.45. The average Bonchev–Trinajstić information content (AvgIpc) is 2.36. The van der Waals surface area contributed by atoms with Crippen molar-refractivity contribution in [2.24, 2.45) is 0 Å².